The first-order valence-electron chi connectivity index (χ1n) is 7.78. The van der Waals surface area contributed by atoms with E-state index in [4.69, 9.17) is 4.98 Å². The van der Waals surface area contributed by atoms with Crippen LogP contribution in [0.5, 0.6) is 0 Å². The minimum Gasteiger partial charge on any atom is -0.315 e. The van der Waals surface area contributed by atoms with E-state index in [1.807, 2.05) is 18.4 Å². The first kappa shape index (κ1) is 15.2. The van der Waals surface area contributed by atoms with Gasteiger partial charge in [-0.25, -0.2) is 4.98 Å². The van der Waals surface area contributed by atoms with Crippen molar-refractivity contribution in [1.82, 2.24) is 10.3 Å². The van der Waals surface area contributed by atoms with Crippen LogP contribution in [0.4, 0.5) is 0 Å². The summed E-state index contributed by atoms with van der Waals surface area (Å²) < 4.78 is 0. The van der Waals surface area contributed by atoms with Crippen LogP contribution in [0.3, 0.4) is 0 Å². The molecule has 0 fully saturated rings. The van der Waals surface area contributed by atoms with Gasteiger partial charge in [0.1, 0.15) is 0 Å². The Balaban J connectivity index is 1.96. The van der Waals surface area contributed by atoms with Gasteiger partial charge in [-0.3, -0.25) is 0 Å². The molecule has 0 bridgehead atoms. The van der Waals surface area contributed by atoms with Crippen LogP contribution < -0.4 is 5.32 Å². The quantitative estimate of drug-likeness (QED) is 0.737. The number of benzene rings is 2. The topological polar surface area (TPSA) is 24.9 Å². The molecule has 0 aliphatic carbocycles. The van der Waals surface area contributed by atoms with Crippen LogP contribution in [-0.2, 0) is 13.0 Å². The molecule has 0 saturated heterocycles. The van der Waals surface area contributed by atoms with E-state index in [0.29, 0.717) is 5.92 Å². The van der Waals surface area contributed by atoms with Gasteiger partial charge in [0.15, 0.2) is 0 Å². The van der Waals surface area contributed by atoms with Crippen LogP contribution in [0.1, 0.15) is 40.9 Å². The number of nitrogens with one attached hydrogen (secondary N) is 1. The fourth-order valence-corrected chi connectivity index (χ4v) is 4.10. The second kappa shape index (κ2) is 6.59. The van der Waals surface area contributed by atoms with Gasteiger partial charge in [0.05, 0.1) is 10.7 Å². The van der Waals surface area contributed by atoms with Gasteiger partial charge in [-0.2, -0.15) is 0 Å². The summed E-state index contributed by atoms with van der Waals surface area (Å²) in [5, 5.41) is 7.11. The molecule has 0 radical (unpaired) electrons. The van der Waals surface area contributed by atoms with Crippen LogP contribution >= 0.6 is 11.3 Å². The lowest BCUT2D eigenvalue weighted by Crippen LogP contribution is -2.06. The monoisotopic (exact) mass is 310 g/mol. The fraction of sp³-hybridized carbons (Fsp3) is 0.316. The third kappa shape index (κ3) is 3.06. The van der Waals surface area contributed by atoms with E-state index < -0.39 is 0 Å². The number of rotatable bonds is 5. The molecule has 0 aliphatic rings. The molecular weight excluding hydrogens is 288 g/mol. The molecule has 1 heterocycles. The highest BCUT2D eigenvalue weighted by Crippen LogP contribution is 2.28. The molecule has 0 spiro atoms. The number of aromatic nitrogens is 1. The predicted molar refractivity (Wildman–Crippen MR) is 95.7 cm³/mol. The summed E-state index contributed by atoms with van der Waals surface area (Å²) in [6, 6.07) is 15.1. The Kier molecular flexibility index (Phi) is 4.55. The standard InChI is InChI=1S/C19H22N2S/c1-13(2)19-17(12-20-3)22-18(21-19)11-15-9-6-8-14-7-4-5-10-16(14)15/h4-10,13,20H,11-12H2,1-3H3. The lowest BCUT2D eigenvalue weighted by molar-refractivity contribution is 0.768. The molecule has 3 heteroatoms. The van der Waals surface area contributed by atoms with Gasteiger partial charge in [-0.05, 0) is 29.3 Å². The van der Waals surface area contributed by atoms with Crippen molar-refractivity contribution in [3.05, 3.63) is 63.6 Å². The maximum absolute atomic E-state index is 4.91. The summed E-state index contributed by atoms with van der Waals surface area (Å²) in [5.74, 6) is 0.473. The number of hydrogen-bond donors (Lipinski definition) is 1. The van der Waals surface area contributed by atoms with Crippen molar-refractivity contribution in [1.29, 1.82) is 0 Å². The first-order chi connectivity index (χ1) is 10.7. The zero-order chi connectivity index (χ0) is 15.5. The van der Waals surface area contributed by atoms with Gasteiger partial charge in [0.2, 0.25) is 0 Å². The number of fused-ring (bicyclic) bond motifs is 1. The Hall–Kier alpha value is -1.71. The number of hydrogen-bond acceptors (Lipinski definition) is 3. The van der Waals surface area contributed by atoms with Crippen molar-refractivity contribution in [3.63, 3.8) is 0 Å². The summed E-state index contributed by atoms with van der Waals surface area (Å²) >= 11 is 1.84. The molecular formula is C19H22N2S. The van der Waals surface area contributed by atoms with Crippen LogP contribution in [0.25, 0.3) is 10.8 Å². The second-order valence-electron chi connectivity index (χ2n) is 5.92. The summed E-state index contributed by atoms with van der Waals surface area (Å²) in [5.41, 5.74) is 2.60. The SMILES string of the molecule is CNCc1sc(Cc2cccc3ccccc23)nc1C(C)C. The van der Waals surface area contributed by atoms with Crippen LogP contribution in [0, 0.1) is 0 Å². The fourth-order valence-electron chi connectivity index (χ4n) is 2.84. The first-order valence-corrected chi connectivity index (χ1v) is 8.60. The molecule has 0 atom stereocenters. The Morgan fingerprint density at radius 3 is 2.64 bits per heavy atom. The molecule has 0 aliphatic heterocycles. The summed E-state index contributed by atoms with van der Waals surface area (Å²) in [6.45, 7) is 5.34. The Morgan fingerprint density at radius 2 is 1.86 bits per heavy atom. The highest BCUT2D eigenvalue weighted by Gasteiger charge is 2.14. The van der Waals surface area contributed by atoms with Crippen molar-refractivity contribution < 1.29 is 0 Å². The van der Waals surface area contributed by atoms with E-state index in [-0.39, 0.29) is 0 Å². The van der Waals surface area contributed by atoms with Gasteiger partial charge >= 0.3 is 0 Å². The molecule has 0 amide bonds. The van der Waals surface area contributed by atoms with E-state index in [9.17, 15) is 0 Å². The number of nitrogens with zero attached hydrogens (tertiary/aromatic N) is 1. The molecule has 0 unspecified atom stereocenters. The zero-order valence-corrected chi connectivity index (χ0v) is 14.2. The lowest BCUT2D eigenvalue weighted by atomic mass is 10.0. The Morgan fingerprint density at radius 1 is 1.09 bits per heavy atom. The van der Waals surface area contributed by atoms with E-state index in [0.717, 1.165) is 13.0 Å². The van der Waals surface area contributed by atoms with Crippen molar-refractivity contribution in [2.24, 2.45) is 0 Å². The molecule has 0 saturated carbocycles. The van der Waals surface area contributed by atoms with Crippen LogP contribution in [-0.4, -0.2) is 12.0 Å². The van der Waals surface area contributed by atoms with Gasteiger partial charge in [0.25, 0.3) is 0 Å². The average Bonchev–Trinajstić information content (AvgIpc) is 2.91. The van der Waals surface area contributed by atoms with Crippen molar-refractivity contribution in [2.45, 2.75) is 32.7 Å². The molecule has 3 aromatic rings. The minimum absolute atomic E-state index is 0.473. The molecule has 1 N–H and O–H groups in total. The second-order valence-corrected chi connectivity index (χ2v) is 7.08. The largest absolute Gasteiger partial charge is 0.315 e. The molecule has 2 aromatic carbocycles. The predicted octanol–water partition coefficient (Wildman–Crippen LogP) is 4.73. The van der Waals surface area contributed by atoms with Gasteiger partial charge in [-0.1, -0.05) is 56.3 Å². The Bertz CT molecular complexity index is 769. The molecule has 3 rings (SSSR count). The summed E-state index contributed by atoms with van der Waals surface area (Å²) in [7, 11) is 1.99. The van der Waals surface area contributed by atoms with Gasteiger partial charge in [0, 0.05) is 17.8 Å². The van der Waals surface area contributed by atoms with Crippen LogP contribution in [0.15, 0.2) is 42.5 Å². The smallest absolute Gasteiger partial charge is 0.0975 e. The molecule has 22 heavy (non-hydrogen) atoms. The maximum atomic E-state index is 4.91. The van der Waals surface area contributed by atoms with Crippen molar-refractivity contribution >= 4 is 22.1 Å². The average molecular weight is 310 g/mol. The lowest BCUT2D eigenvalue weighted by Gasteiger charge is -2.04. The van der Waals surface area contributed by atoms with E-state index >= 15 is 0 Å². The van der Waals surface area contributed by atoms with E-state index in [1.165, 1.54) is 31.9 Å². The minimum atomic E-state index is 0.473. The van der Waals surface area contributed by atoms with Gasteiger partial charge in [-0.15, -0.1) is 11.3 Å². The highest BCUT2D eigenvalue weighted by atomic mass is 32.1. The molecule has 2 nitrogen and oxygen atoms in total. The molecule has 1 aromatic heterocycles. The third-order valence-corrected chi connectivity index (χ3v) is 4.95. The third-order valence-electron chi connectivity index (χ3n) is 3.88. The zero-order valence-electron chi connectivity index (χ0n) is 13.4. The summed E-state index contributed by atoms with van der Waals surface area (Å²) in [6.07, 6.45) is 0.912. The van der Waals surface area contributed by atoms with E-state index in [2.05, 4.69) is 61.6 Å². The van der Waals surface area contributed by atoms with E-state index in [1.54, 1.807) is 0 Å². The van der Waals surface area contributed by atoms with Crippen molar-refractivity contribution in [2.75, 3.05) is 7.05 Å². The number of thiazole rings is 1. The van der Waals surface area contributed by atoms with Crippen LogP contribution in [0.2, 0.25) is 0 Å². The molecule has 114 valence electrons. The van der Waals surface area contributed by atoms with Gasteiger partial charge < -0.3 is 5.32 Å². The summed E-state index contributed by atoms with van der Waals surface area (Å²) in [4.78, 5) is 6.28. The highest BCUT2D eigenvalue weighted by molar-refractivity contribution is 7.11. The van der Waals surface area contributed by atoms with Crippen molar-refractivity contribution in [3.8, 4) is 0 Å². The normalized spacial score (nSPS) is 11.5. The Labute approximate surface area is 136 Å². The maximum Gasteiger partial charge on any atom is 0.0975 e.